The first-order valence-corrected chi connectivity index (χ1v) is 6.42. The third kappa shape index (κ3) is 2.84. The molecule has 0 saturated heterocycles. The Hall–Kier alpha value is -2.50. The molecule has 1 heterocycles. The van der Waals surface area contributed by atoms with Crippen LogP contribution in [0.3, 0.4) is 0 Å². The van der Waals surface area contributed by atoms with Crippen molar-refractivity contribution < 1.29 is 13.9 Å². The zero-order chi connectivity index (χ0) is 15.6. The highest BCUT2D eigenvalue weighted by atomic mass is 19.1. The lowest BCUT2D eigenvalue weighted by Crippen LogP contribution is -2.23. The molecular formula is C15H15FN2O3. The first-order valence-electron chi connectivity index (χ1n) is 6.42. The number of rotatable bonds is 3. The highest BCUT2D eigenvalue weighted by Gasteiger charge is 2.24. The van der Waals surface area contributed by atoms with Crippen molar-refractivity contribution in [3.63, 3.8) is 0 Å². The molecule has 0 saturated carbocycles. The number of ether oxygens (including phenoxy) is 1. The van der Waals surface area contributed by atoms with Crippen LogP contribution in [0.1, 0.15) is 35.7 Å². The fourth-order valence-electron chi connectivity index (χ4n) is 2.14. The first-order chi connectivity index (χ1) is 9.95. The van der Waals surface area contributed by atoms with E-state index in [-0.39, 0.29) is 17.2 Å². The standard InChI is InChI=1S/C15H15FN2O3/c1-8(2)11-12(15(20)21-3)13(17-18-14(11)19)9-4-6-10(16)7-5-9/h4-8H,1-3H3,(H,18,19). The van der Waals surface area contributed by atoms with Crippen LogP contribution in [0, 0.1) is 5.82 Å². The number of halogens is 1. The van der Waals surface area contributed by atoms with E-state index in [0.717, 1.165) is 0 Å². The molecule has 0 aliphatic heterocycles. The normalized spacial score (nSPS) is 10.7. The highest BCUT2D eigenvalue weighted by molar-refractivity contribution is 5.97. The maximum atomic E-state index is 13.0. The molecule has 2 aromatic rings. The number of benzene rings is 1. The number of aromatic nitrogens is 2. The molecule has 110 valence electrons. The van der Waals surface area contributed by atoms with Gasteiger partial charge in [-0.25, -0.2) is 14.3 Å². The predicted octanol–water partition coefficient (Wildman–Crippen LogP) is 2.49. The summed E-state index contributed by atoms with van der Waals surface area (Å²) in [5, 5.41) is 6.30. The number of methoxy groups -OCH3 is 1. The van der Waals surface area contributed by atoms with E-state index in [9.17, 15) is 14.0 Å². The summed E-state index contributed by atoms with van der Waals surface area (Å²) in [5.41, 5.74) is 0.774. The second-order valence-electron chi connectivity index (χ2n) is 4.84. The Labute approximate surface area is 120 Å². The summed E-state index contributed by atoms with van der Waals surface area (Å²) in [4.78, 5) is 24.0. The van der Waals surface area contributed by atoms with E-state index in [1.54, 1.807) is 13.8 Å². The Kier molecular flexibility index (Phi) is 4.16. The van der Waals surface area contributed by atoms with Gasteiger partial charge >= 0.3 is 5.97 Å². The Morgan fingerprint density at radius 2 is 1.90 bits per heavy atom. The molecule has 21 heavy (non-hydrogen) atoms. The molecule has 6 heteroatoms. The number of carbonyl (C=O) groups excluding carboxylic acids is 1. The lowest BCUT2D eigenvalue weighted by Gasteiger charge is -2.13. The van der Waals surface area contributed by atoms with Crippen LogP contribution in [0.4, 0.5) is 4.39 Å². The SMILES string of the molecule is COC(=O)c1c(-c2ccc(F)cc2)n[nH]c(=O)c1C(C)C. The van der Waals surface area contributed by atoms with Crippen molar-refractivity contribution in [3.8, 4) is 11.3 Å². The van der Waals surface area contributed by atoms with E-state index in [2.05, 4.69) is 10.2 Å². The molecule has 2 rings (SSSR count). The van der Waals surface area contributed by atoms with Gasteiger partial charge in [0.15, 0.2) is 0 Å². The smallest absolute Gasteiger partial charge is 0.340 e. The van der Waals surface area contributed by atoms with E-state index in [0.29, 0.717) is 11.1 Å². The van der Waals surface area contributed by atoms with Crippen molar-refractivity contribution in [1.29, 1.82) is 0 Å². The van der Waals surface area contributed by atoms with Crippen LogP contribution in [-0.4, -0.2) is 23.3 Å². The molecule has 0 bridgehead atoms. The number of hydrogen-bond acceptors (Lipinski definition) is 4. The number of esters is 1. The van der Waals surface area contributed by atoms with Crippen molar-refractivity contribution in [2.45, 2.75) is 19.8 Å². The molecule has 5 nitrogen and oxygen atoms in total. The van der Waals surface area contributed by atoms with Gasteiger partial charge in [0, 0.05) is 11.1 Å². The predicted molar refractivity (Wildman–Crippen MR) is 75.7 cm³/mol. The van der Waals surface area contributed by atoms with Gasteiger partial charge in [-0.3, -0.25) is 4.79 Å². The number of H-pyrrole nitrogens is 1. The number of nitrogens with one attached hydrogen (secondary N) is 1. The van der Waals surface area contributed by atoms with E-state index >= 15 is 0 Å². The average Bonchev–Trinajstić information content (AvgIpc) is 2.46. The molecule has 0 aliphatic rings. The topological polar surface area (TPSA) is 72.0 Å². The van der Waals surface area contributed by atoms with Crippen LogP contribution in [0.5, 0.6) is 0 Å². The van der Waals surface area contributed by atoms with Crippen molar-refractivity contribution in [2.24, 2.45) is 0 Å². The van der Waals surface area contributed by atoms with Gasteiger partial charge in [-0.15, -0.1) is 0 Å². The summed E-state index contributed by atoms with van der Waals surface area (Å²) >= 11 is 0. The Balaban J connectivity index is 2.77. The lowest BCUT2D eigenvalue weighted by atomic mass is 9.95. The summed E-state index contributed by atoms with van der Waals surface area (Å²) in [6.45, 7) is 3.59. The summed E-state index contributed by atoms with van der Waals surface area (Å²) in [5.74, 6) is -1.23. The maximum absolute atomic E-state index is 13.0. The molecule has 0 amide bonds. The van der Waals surface area contributed by atoms with Gasteiger partial charge in [0.2, 0.25) is 0 Å². The van der Waals surface area contributed by atoms with Crippen molar-refractivity contribution in [3.05, 3.63) is 51.6 Å². The summed E-state index contributed by atoms with van der Waals surface area (Å²) in [7, 11) is 1.24. The lowest BCUT2D eigenvalue weighted by molar-refractivity contribution is 0.0599. The quantitative estimate of drug-likeness (QED) is 0.881. The third-order valence-corrected chi connectivity index (χ3v) is 3.10. The number of hydrogen-bond donors (Lipinski definition) is 1. The monoisotopic (exact) mass is 290 g/mol. The molecule has 0 fully saturated rings. The molecule has 0 radical (unpaired) electrons. The maximum Gasteiger partial charge on any atom is 0.340 e. The minimum Gasteiger partial charge on any atom is -0.465 e. The molecule has 0 spiro atoms. The minimum atomic E-state index is -0.642. The van der Waals surface area contributed by atoms with Crippen molar-refractivity contribution in [1.82, 2.24) is 10.2 Å². The van der Waals surface area contributed by atoms with E-state index in [1.807, 2.05) is 0 Å². The van der Waals surface area contributed by atoms with Crippen molar-refractivity contribution >= 4 is 5.97 Å². The van der Waals surface area contributed by atoms with Gasteiger partial charge in [0.05, 0.1) is 12.7 Å². The number of nitrogens with zero attached hydrogens (tertiary/aromatic N) is 1. The molecule has 0 unspecified atom stereocenters. The van der Waals surface area contributed by atoms with E-state index in [1.165, 1.54) is 31.4 Å². The van der Waals surface area contributed by atoms with Gasteiger partial charge < -0.3 is 4.74 Å². The summed E-state index contributed by atoms with van der Waals surface area (Å²) < 4.78 is 17.8. The Morgan fingerprint density at radius 1 is 1.29 bits per heavy atom. The second-order valence-corrected chi connectivity index (χ2v) is 4.84. The number of aromatic amines is 1. The molecular weight excluding hydrogens is 275 g/mol. The fraction of sp³-hybridized carbons (Fsp3) is 0.267. The minimum absolute atomic E-state index is 0.114. The van der Waals surface area contributed by atoms with Crippen LogP contribution in [0.25, 0.3) is 11.3 Å². The van der Waals surface area contributed by atoms with E-state index in [4.69, 9.17) is 4.74 Å². The zero-order valence-electron chi connectivity index (χ0n) is 11.9. The summed E-state index contributed by atoms with van der Waals surface area (Å²) in [6.07, 6.45) is 0. The Bertz CT molecular complexity index is 721. The van der Waals surface area contributed by atoms with Crippen LogP contribution in [-0.2, 0) is 4.74 Å². The molecule has 0 atom stereocenters. The van der Waals surface area contributed by atoms with Crippen LogP contribution < -0.4 is 5.56 Å². The second kappa shape index (κ2) is 5.87. The zero-order valence-corrected chi connectivity index (χ0v) is 11.9. The summed E-state index contributed by atoms with van der Waals surface area (Å²) in [6, 6.07) is 5.51. The molecule has 1 N–H and O–H groups in total. The molecule has 0 aliphatic carbocycles. The fourth-order valence-corrected chi connectivity index (χ4v) is 2.14. The van der Waals surface area contributed by atoms with Gasteiger partial charge in [-0.05, 0) is 30.2 Å². The van der Waals surface area contributed by atoms with E-state index < -0.39 is 17.3 Å². The highest BCUT2D eigenvalue weighted by Crippen LogP contribution is 2.26. The van der Waals surface area contributed by atoms with Crippen LogP contribution in [0.15, 0.2) is 29.1 Å². The third-order valence-electron chi connectivity index (χ3n) is 3.10. The first kappa shape index (κ1) is 14.9. The van der Waals surface area contributed by atoms with Gasteiger partial charge in [-0.2, -0.15) is 5.10 Å². The largest absolute Gasteiger partial charge is 0.465 e. The molecule has 1 aromatic carbocycles. The van der Waals surface area contributed by atoms with Crippen LogP contribution in [0.2, 0.25) is 0 Å². The number of carbonyl (C=O) groups is 1. The van der Waals surface area contributed by atoms with Crippen LogP contribution >= 0.6 is 0 Å². The van der Waals surface area contributed by atoms with Crippen molar-refractivity contribution in [2.75, 3.05) is 7.11 Å². The Morgan fingerprint density at radius 3 is 2.43 bits per heavy atom. The molecule has 1 aromatic heterocycles. The average molecular weight is 290 g/mol. The van der Waals surface area contributed by atoms with Gasteiger partial charge in [-0.1, -0.05) is 13.8 Å². The van der Waals surface area contributed by atoms with Gasteiger partial charge in [0.1, 0.15) is 11.5 Å². The van der Waals surface area contributed by atoms with Gasteiger partial charge in [0.25, 0.3) is 5.56 Å².